The molecular weight excluding hydrogens is 239 g/mol. The van der Waals surface area contributed by atoms with Crippen LogP contribution in [0.1, 0.15) is 29.5 Å². The maximum atomic E-state index is 4.53. The molecule has 1 aromatic heterocycles. The zero-order chi connectivity index (χ0) is 8.39. The number of thiazole rings is 1. The summed E-state index contributed by atoms with van der Waals surface area (Å²) in [6.45, 7) is 4.38. The predicted octanol–water partition coefficient (Wildman–Crippen LogP) is 2.76. The van der Waals surface area contributed by atoms with Gasteiger partial charge in [-0.2, -0.15) is 0 Å². The molecule has 5 heteroatoms. The average Bonchev–Trinajstić information content (AvgIpc) is 2.54. The number of halogens is 2. The van der Waals surface area contributed by atoms with E-state index >= 15 is 0 Å². The van der Waals surface area contributed by atoms with Crippen molar-refractivity contribution in [3.05, 3.63) is 16.1 Å². The fourth-order valence-corrected chi connectivity index (χ4v) is 2.60. The minimum absolute atomic E-state index is 0. The Bertz CT molecular complexity index is 259. The molecule has 0 saturated carbocycles. The maximum Gasteiger partial charge on any atom is 0.0960 e. The summed E-state index contributed by atoms with van der Waals surface area (Å²) in [4.78, 5) is 4.53. The van der Waals surface area contributed by atoms with E-state index in [1.54, 1.807) is 0 Å². The van der Waals surface area contributed by atoms with E-state index in [2.05, 4.69) is 22.6 Å². The summed E-state index contributed by atoms with van der Waals surface area (Å²) >= 11 is 1.82. The quantitative estimate of drug-likeness (QED) is 0.834. The summed E-state index contributed by atoms with van der Waals surface area (Å²) in [6, 6.07) is 0. The minimum atomic E-state index is 0. The number of nitrogens with zero attached hydrogens (tertiary/aromatic N) is 1. The van der Waals surface area contributed by atoms with Crippen molar-refractivity contribution < 1.29 is 0 Å². The summed E-state index contributed by atoms with van der Waals surface area (Å²) in [5, 5.41) is 6.86. The van der Waals surface area contributed by atoms with Crippen LogP contribution in [0.4, 0.5) is 0 Å². The first kappa shape index (κ1) is 14.2. The van der Waals surface area contributed by atoms with Gasteiger partial charge in [-0.3, -0.25) is 0 Å². The van der Waals surface area contributed by atoms with Gasteiger partial charge in [-0.05, 0) is 32.9 Å². The zero-order valence-electron chi connectivity index (χ0n) is 8.16. The van der Waals surface area contributed by atoms with Crippen LogP contribution in [0, 0.1) is 6.92 Å². The summed E-state index contributed by atoms with van der Waals surface area (Å²) in [5.41, 5.74) is 1.17. The van der Waals surface area contributed by atoms with E-state index in [1.807, 2.05) is 11.3 Å². The highest BCUT2D eigenvalue weighted by molar-refractivity contribution is 7.09. The summed E-state index contributed by atoms with van der Waals surface area (Å²) in [7, 11) is 0. The van der Waals surface area contributed by atoms with Crippen molar-refractivity contribution in [3.63, 3.8) is 0 Å². The van der Waals surface area contributed by atoms with Gasteiger partial charge >= 0.3 is 0 Å². The molecule has 1 N–H and O–H groups in total. The average molecular weight is 255 g/mol. The van der Waals surface area contributed by atoms with Crippen molar-refractivity contribution in [2.24, 2.45) is 0 Å². The van der Waals surface area contributed by atoms with Gasteiger partial charge in [0.1, 0.15) is 0 Å². The Labute approximate surface area is 101 Å². The first-order valence-electron chi connectivity index (χ1n) is 4.49. The Kier molecular flexibility index (Phi) is 6.70. The molecule has 1 saturated heterocycles. The number of rotatable bonds is 1. The van der Waals surface area contributed by atoms with E-state index < -0.39 is 0 Å². The Hall–Kier alpha value is 0.170. The summed E-state index contributed by atoms with van der Waals surface area (Å²) in [5.74, 6) is 0.727. The van der Waals surface area contributed by atoms with Gasteiger partial charge < -0.3 is 5.32 Å². The smallest absolute Gasteiger partial charge is 0.0960 e. The van der Waals surface area contributed by atoms with Crippen LogP contribution in [0.15, 0.2) is 5.38 Å². The zero-order valence-corrected chi connectivity index (χ0v) is 10.6. The standard InChI is InChI=1S/C9H14N2S.2ClH/c1-7-6-12-9(11-7)8-2-4-10-5-3-8;;/h6,8,10H,2-5H2,1H3;2*1H. The maximum absolute atomic E-state index is 4.53. The fraction of sp³-hybridized carbons (Fsp3) is 0.667. The van der Waals surface area contributed by atoms with E-state index in [0.29, 0.717) is 0 Å². The van der Waals surface area contributed by atoms with E-state index in [-0.39, 0.29) is 24.8 Å². The Morgan fingerprint density at radius 2 is 2.00 bits per heavy atom. The van der Waals surface area contributed by atoms with E-state index in [9.17, 15) is 0 Å². The third-order valence-corrected chi connectivity index (χ3v) is 3.45. The Balaban J connectivity index is 0.000000845. The molecule has 1 aliphatic rings. The van der Waals surface area contributed by atoms with E-state index in [4.69, 9.17) is 0 Å². The van der Waals surface area contributed by atoms with Crippen LogP contribution >= 0.6 is 36.2 Å². The van der Waals surface area contributed by atoms with E-state index in [0.717, 1.165) is 19.0 Å². The molecule has 2 rings (SSSR count). The van der Waals surface area contributed by atoms with Crippen LogP contribution in [0.25, 0.3) is 0 Å². The number of piperidine rings is 1. The number of aryl methyl sites for hydroxylation is 1. The number of aromatic nitrogens is 1. The molecule has 0 aromatic carbocycles. The van der Waals surface area contributed by atoms with Gasteiger partial charge in [0.15, 0.2) is 0 Å². The van der Waals surface area contributed by atoms with Gasteiger partial charge in [-0.25, -0.2) is 4.98 Å². The third kappa shape index (κ3) is 3.39. The molecule has 14 heavy (non-hydrogen) atoms. The van der Waals surface area contributed by atoms with Crippen molar-refractivity contribution in [1.29, 1.82) is 0 Å². The lowest BCUT2D eigenvalue weighted by molar-refractivity contribution is 0.459. The van der Waals surface area contributed by atoms with Crippen molar-refractivity contribution in [1.82, 2.24) is 10.3 Å². The van der Waals surface area contributed by atoms with Gasteiger partial charge in [-0.1, -0.05) is 0 Å². The van der Waals surface area contributed by atoms with Gasteiger partial charge in [0.2, 0.25) is 0 Å². The first-order valence-corrected chi connectivity index (χ1v) is 5.37. The molecule has 1 aromatic rings. The normalized spacial score (nSPS) is 16.9. The Morgan fingerprint density at radius 1 is 1.36 bits per heavy atom. The minimum Gasteiger partial charge on any atom is -0.317 e. The highest BCUT2D eigenvalue weighted by atomic mass is 35.5. The lowest BCUT2D eigenvalue weighted by Gasteiger charge is -2.20. The Morgan fingerprint density at radius 3 is 2.50 bits per heavy atom. The molecule has 0 unspecified atom stereocenters. The molecular formula is C9H16Cl2N2S. The SMILES string of the molecule is Cc1csc(C2CCNCC2)n1.Cl.Cl. The van der Waals surface area contributed by atoms with Crippen LogP contribution in [0.2, 0.25) is 0 Å². The molecule has 82 valence electrons. The second kappa shape index (κ2) is 6.62. The number of hydrogen-bond donors (Lipinski definition) is 1. The van der Waals surface area contributed by atoms with Crippen molar-refractivity contribution in [2.45, 2.75) is 25.7 Å². The van der Waals surface area contributed by atoms with Crippen molar-refractivity contribution >= 4 is 36.2 Å². The highest BCUT2D eigenvalue weighted by Gasteiger charge is 2.17. The van der Waals surface area contributed by atoms with Gasteiger partial charge in [0, 0.05) is 17.0 Å². The summed E-state index contributed by atoms with van der Waals surface area (Å²) in [6.07, 6.45) is 2.51. The van der Waals surface area contributed by atoms with Crippen LogP contribution in [-0.4, -0.2) is 18.1 Å². The molecule has 0 radical (unpaired) electrons. The lowest BCUT2D eigenvalue weighted by Crippen LogP contribution is -2.26. The molecule has 0 bridgehead atoms. The van der Waals surface area contributed by atoms with Crippen LogP contribution < -0.4 is 5.32 Å². The fourth-order valence-electron chi connectivity index (χ4n) is 1.63. The number of hydrogen-bond acceptors (Lipinski definition) is 3. The topological polar surface area (TPSA) is 24.9 Å². The van der Waals surface area contributed by atoms with Crippen LogP contribution in [0.5, 0.6) is 0 Å². The predicted molar refractivity (Wildman–Crippen MR) is 66.2 cm³/mol. The van der Waals surface area contributed by atoms with Crippen molar-refractivity contribution in [3.8, 4) is 0 Å². The van der Waals surface area contributed by atoms with Crippen molar-refractivity contribution in [2.75, 3.05) is 13.1 Å². The summed E-state index contributed by atoms with van der Waals surface area (Å²) < 4.78 is 0. The molecule has 0 atom stereocenters. The van der Waals surface area contributed by atoms with E-state index in [1.165, 1.54) is 23.5 Å². The van der Waals surface area contributed by atoms with Gasteiger partial charge in [-0.15, -0.1) is 36.2 Å². The monoisotopic (exact) mass is 254 g/mol. The largest absolute Gasteiger partial charge is 0.317 e. The second-order valence-corrected chi connectivity index (χ2v) is 4.24. The molecule has 2 heterocycles. The van der Waals surface area contributed by atoms with Gasteiger partial charge in [0.05, 0.1) is 5.01 Å². The third-order valence-electron chi connectivity index (χ3n) is 2.33. The second-order valence-electron chi connectivity index (χ2n) is 3.35. The van der Waals surface area contributed by atoms with Crippen LogP contribution in [0.3, 0.4) is 0 Å². The molecule has 0 amide bonds. The molecule has 1 aliphatic heterocycles. The molecule has 1 fully saturated rings. The first-order chi connectivity index (χ1) is 5.86. The number of nitrogens with one attached hydrogen (secondary N) is 1. The lowest BCUT2D eigenvalue weighted by atomic mass is 9.99. The molecule has 0 spiro atoms. The van der Waals surface area contributed by atoms with Crippen LogP contribution in [-0.2, 0) is 0 Å². The van der Waals surface area contributed by atoms with Gasteiger partial charge in [0.25, 0.3) is 0 Å². The molecule has 2 nitrogen and oxygen atoms in total. The molecule has 0 aliphatic carbocycles. The highest BCUT2D eigenvalue weighted by Crippen LogP contribution is 2.27.